The number of aliphatic imine (C=N–C) groups is 1. The Bertz CT molecular complexity index is 804. The third-order valence-electron chi connectivity index (χ3n) is 6.21. The Morgan fingerprint density at radius 2 is 2.03 bits per heavy atom. The van der Waals surface area contributed by atoms with E-state index < -0.39 is 0 Å². The Labute approximate surface area is 203 Å². The Hall–Kier alpha value is -1.87. The van der Waals surface area contributed by atoms with Gasteiger partial charge in [-0.05, 0) is 49.4 Å². The summed E-state index contributed by atoms with van der Waals surface area (Å²) in [5.74, 6) is 2.50. The highest BCUT2D eigenvalue weighted by molar-refractivity contribution is 14.0. The first-order valence-corrected chi connectivity index (χ1v) is 11.1. The van der Waals surface area contributed by atoms with Crippen LogP contribution in [0.1, 0.15) is 24.8 Å². The first-order chi connectivity index (χ1) is 14.8. The highest BCUT2D eigenvalue weighted by Crippen LogP contribution is 2.31. The minimum absolute atomic E-state index is 0. The van der Waals surface area contributed by atoms with Gasteiger partial charge in [-0.25, -0.2) is 0 Å². The van der Waals surface area contributed by atoms with E-state index in [9.17, 15) is 0 Å². The minimum atomic E-state index is 0. The summed E-state index contributed by atoms with van der Waals surface area (Å²) in [5.41, 5.74) is 1.42. The van der Waals surface area contributed by atoms with Crippen LogP contribution in [0.5, 0.6) is 5.75 Å². The van der Waals surface area contributed by atoms with E-state index in [0.29, 0.717) is 18.6 Å². The van der Waals surface area contributed by atoms with Crippen LogP contribution in [0.15, 0.2) is 59.9 Å². The summed E-state index contributed by atoms with van der Waals surface area (Å²) >= 11 is 0. The van der Waals surface area contributed by atoms with Crippen molar-refractivity contribution in [1.82, 2.24) is 20.1 Å². The molecule has 0 spiro atoms. The van der Waals surface area contributed by atoms with E-state index in [0.717, 1.165) is 37.9 Å². The molecule has 0 amide bonds. The van der Waals surface area contributed by atoms with Crippen LogP contribution in [-0.2, 0) is 6.54 Å². The topological polar surface area (TPSA) is 53.0 Å². The van der Waals surface area contributed by atoms with Crippen LogP contribution in [-0.4, -0.2) is 66.6 Å². The molecule has 1 N–H and O–H groups in total. The molecule has 3 heterocycles. The molecule has 6 nitrogen and oxygen atoms in total. The van der Waals surface area contributed by atoms with Gasteiger partial charge < -0.3 is 15.0 Å². The number of likely N-dealkylation sites (tertiary alicyclic amines) is 2. The molecule has 4 rings (SSSR count). The first-order valence-electron chi connectivity index (χ1n) is 11.1. The molecule has 168 valence electrons. The van der Waals surface area contributed by atoms with Crippen molar-refractivity contribution in [3.63, 3.8) is 0 Å². The second kappa shape index (κ2) is 12.2. The molecule has 2 aromatic rings. The zero-order chi connectivity index (χ0) is 20.6. The van der Waals surface area contributed by atoms with Gasteiger partial charge in [0.25, 0.3) is 0 Å². The van der Waals surface area contributed by atoms with Crippen molar-refractivity contribution in [2.45, 2.75) is 31.8 Å². The van der Waals surface area contributed by atoms with Gasteiger partial charge in [0.05, 0.1) is 12.7 Å². The van der Waals surface area contributed by atoms with Gasteiger partial charge in [0.15, 0.2) is 5.96 Å². The minimum Gasteiger partial charge on any atom is -0.490 e. The Morgan fingerprint density at radius 3 is 2.81 bits per heavy atom. The van der Waals surface area contributed by atoms with Gasteiger partial charge in [0.2, 0.25) is 0 Å². The fourth-order valence-corrected chi connectivity index (χ4v) is 4.81. The number of pyridine rings is 1. The number of benzene rings is 1. The number of aromatic nitrogens is 1. The fraction of sp³-hybridized carbons (Fsp3) is 0.500. The Balaban J connectivity index is 0.00000272. The van der Waals surface area contributed by atoms with E-state index in [-0.39, 0.29) is 24.0 Å². The van der Waals surface area contributed by atoms with Crippen molar-refractivity contribution in [3.8, 4) is 5.75 Å². The van der Waals surface area contributed by atoms with Crippen LogP contribution >= 0.6 is 24.0 Å². The summed E-state index contributed by atoms with van der Waals surface area (Å²) < 4.78 is 5.74. The van der Waals surface area contributed by atoms with Gasteiger partial charge in [0.1, 0.15) is 12.4 Å². The molecule has 7 heteroatoms. The van der Waals surface area contributed by atoms with Crippen LogP contribution in [0.3, 0.4) is 0 Å². The quantitative estimate of drug-likeness (QED) is 0.265. The third-order valence-corrected chi connectivity index (χ3v) is 6.21. The highest BCUT2D eigenvalue weighted by Gasteiger charge is 2.36. The molecule has 31 heavy (non-hydrogen) atoms. The summed E-state index contributed by atoms with van der Waals surface area (Å²) in [5, 5.41) is 3.47. The molecule has 0 bridgehead atoms. The molecule has 1 aromatic heterocycles. The van der Waals surface area contributed by atoms with Crippen LogP contribution in [0.25, 0.3) is 0 Å². The normalized spacial score (nSPS) is 21.7. The summed E-state index contributed by atoms with van der Waals surface area (Å²) in [6, 6.07) is 15.4. The molecule has 0 saturated carbocycles. The highest BCUT2D eigenvalue weighted by atomic mass is 127. The van der Waals surface area contributed by atoms with E-state index in [1.807, 2.05) is 19.2 Å². The zero-order valence-electron chi connectivity index (χ0n) is 18.3. The van der Waals surface area contributed by atoms with Gasteiger partial charge in [-0.15, -0.1) is 24.0 Å². The lowest BCUT2D eigenvalue weighted by molar-refractivity contribution is 0.0372. The number of rotatable bonds is 6. The number of hydrogen-bond donors (Lipinski definition) is 1. The smallest absolute Gasteiger partial charge is 0.193 e. The molecule has 2 atom stereocenters. The van der Waals surface area contributed by atoms with Gasteiger partial charge in [-0.1, -0.05) is 30.3 Å². The lowest BCUT2D eigenvalue weighted by Gasteiger charge is -2.48. The maximum absolute atomic E-state index is 5.74. The number of ether oxygens (including phenoxy) is 1. The van der Waals surface area contributed by atoms with E-state index in [4.69, 9.17) is 4.74 Å². The average molecular weight is 535 g/mol. The molecule has 2 aliphatic heterocycles. The standard InChI is InChI=1S/C24H33N5O.HI/c1-25-24(27-13-16-30-22-10-5-12-26-17-22)29-15-11-23-21(19-29)9-6-14-28(23)18-20-7-3-2-4-8-20;/h2-5,7-8,10,12,17,21,23H,6,9,11,13-16,18-19H2,1H3,(H,25,27);1H. The molecule has 2 saturated heterocycles. The van der Waals surface area contributed by atoms with E-state index in [1.165, 1.54) is 31.4 Å². The fourth-order valence-electron chi connectivity index (χ4n) is 4.81. The maximum atomic E-state index is 5.74. The largest absolute Gasteiger partial charge is 0.490 e. The van der Waals surface area contributed by atoms with Crippen molar-refractivity contribution < 1.29 is 4.74 Å². The predicted octanol–water partition coefficient (Wildman–Crippen LogP) is 3.64. The number of hydrogen-bond acceptors (Lipinski definition) is 4. The average Bonchev–Trinajstić information content (AvgIpc) is 2.80. The molecule has 1 aromatic carbocycles. The number of fused-ring (bicyclic) bond motifs is 1. The Morgan fingerprint density at radius 1 is 1.16 bits per heavy atom. The second-order valence-electron chi connectivity index (χ2n) is 8.17. The maximum Gasteiger partial charge on any atom is 0.193 e. The van der Waals surface area contributed by atoms with Crippen molar-refractivity contribution >= 4 is 29.9 Å². The van der Waals surface area contributed by atoms with Gasteiger partial charge in [-0.2, -0.15) is 0 Å². The van der Waals surface area contributed by atoms with Crippen LogP contribution in [0.4, 0.5) is 0 Å². The van der Waals surface area contributed by atoms with Crippen molar-refractivity contribution in [3.05, 3.63) is 60.4 Å². The van der Waals surface area contributed by atoms with Gasteiger partial charge in [0, 0.05) is 38.9 Å². The first kappa shape index (κ1) is 23.8. The lowest BCUT2D eigenvalue weighted by Crippen LogP contribution is -2.56. The van der Waals surface area contributed by atoms with Crippen LogP contribution in [0.2, 0.25) is 0 Å². The molecule has 0 aliphatic carbocycles. The molecular weight excluding hydrogens is 501 g/mol. The second-order valence-corrected chi connectivity index (χ2v) is 8.17. The number of guanidine groups is 1. The third kappa shape index (κ3) is 6.55. The summed E-state index contributed by atoms with van der Waals surface area (Å²) in [6.07, 6.45) is 7.29. The van der Waals surface area contributed by atoms with Crippen molar-refractivity contribution in [1.29, 1.82) is 0 Å². The van der Waals surface area contributed by atoms with E-state index in [1.54, 1.807) is 12.4 Å². The Kier molecular flexibility index (Phi) is 9.39. The van der Waals surface area contributed by atoms with Crippen LogP contribution in [0, 0.1) is 5.92 Å². The van der Waals surface area contributed by atoms with E-state index >= 15 is 0 Å². The molecule has 2 aliphatic rings. The number of halogens is 1. The summed E-state index contributed by atoms with van der Waals surface area (Å²) in [4.78, 5) is 13.7. The number of nitrogens with zero attached hydrogens (tertiary/aromatic N) is 4. The summed E-state index contributed by atoms with van der Waals surface area (Å²) in [6.45, 7) is 5.74. The molecule has 0 radical (unpaired) electrons. The van der Waals surface area contributed by atoms with Crippen molar-refractivity contribution in [2.24, 2.45) is 10.9 Å². The monoisotopic (exact) mass is 535 g/mol. The van der Waals surface area contributed by atoms with Crippen molar-refractivity contribution in [2.75, 3.05) is 39.8 Å². The number of nitrogens with one attached hydrogen (secondary N) is 1. The SMILES string of the molecule is CN=C(NCCOc1cccnc1)N1CCC2C(CCCN2Cc2ccccc2)C1.I. The predicted molar refractivity (Wildman–Crippen MR) is 136 cm³/mol. The lowest BCUT2D eigenvalue weighted by atomic mass is 9.83. The summed E-state index contributed by atoms with van der Waals surface area (Å²) in [7, 11) is 1.87. The van der Waals surface area contributed by atoms with E-state index in [2.05, 4.69) is 55.4 Å². The van der Waals surface area contributed by atoms with Gasteiger partial charge >= 0.3 is 0 Å². The number of piperidine rings is 2. The van der Waals surface area contributed by atoms with Gasteiger partial charge in [-0.3, -0.25) is 14.9 Å². The zero-order valence-corrected chi connectivity index (χ0v) is 20.7. The van der Waals surface area contributed by atoms with Crippen LogP contribution < -0.4 is 10.1 Å². The molecule has 2 unspecified atom stereocenters. The molecular formula is C24H34IN5O. The molecule has 2 fully saturated rings.